The molecule has 0 aromatic rings. The highest BCUT2D eigenvalue weighted by Gasteiger charge is 2.62. The second kappa shape index (κ2) is 3.45. The number of hydrogen-bond donors (Lipinski definition) is 2. The number of carbonyl (C=O) groups is 1. The van der Waals surface area contributed by atoms with Gasteiger partial charge in [-0.2, -0.15) is 0 Å². The summed E-state index contributed by atoms with van der Waals surface area (Å²) >= 11 is 0. The van der Waals surface area contributed by atoms with Gasteiger partial charge >= 0.3 is 0 Å². The highest BCUT2D eigenvalue weighted by Crippen LogP contribution is 2.64. The van der Waals surface area contributed by atoms with Crippen LogP contribution >= 0.6 is 0 Å². The zero-order valence-electron chi connectivity index (χ0n) is 11.4. The van der Waals surface area contributed by atoms with Crippen LogP contribution in [-0.4, -0.2) is 28.7 Å². The summed E-state index contributed by atoms with van der Waals surface area (Å²) < 4.78 is 0. The molecule has 18 heavy (non-hydrogen) atoms. The molecule has 0 bridgehead atoms. The molecule has 3 rings (SSSR count). The van der Waals surface area contributed by atoms with E-state index < -0.39 is 6.10 Å². The van der Waals surface area contributed by atoms with E-state index in [1.165, 1.54) is 0 Å². The summed E-state index contributed by atoms with van der Waals surface area (Å²) in [6, 6.07) is 0. The van der Waals surface area contributed by atoms with Crippen LogP contribution in [0.25, 0.3) is 0 Å². The van der Waals surface area contributed by atoms with Crippen molar-refractivity contribution in [2.24, 2.45) is 22.7 Å². The van der Waals surface area contributed by atoms with Crippen molar-refractivity contribution in [1.29, 1.82) is 0 Å². The van der Waals surface area contributed by atoms with E-state index in [-0.39, 0.29) is 29.1 Å². The van der Waals surface area contributed by atoms with Crippen LogP contribution in [-0.2, 0) is 4.79 Å². The third-order valence-corrected chi connectivity index (χ3v) is 5.53. The van der Waals surface area contributed by atoms with Crippen molar-refractivity contribution in [3.8, 4) is 0 Å². The zero-order valence-corrected chi connectivity index (χ0v) is 11.4. The SMILES string of the molecule is CC1(C)CC2C(O)C(CO)=C3C(=O)CC3(C)C2C1. The number of Topliss-reactive ketones (excluding diaryl/α,β-unsaturated/α-hetero) is 1. The summed E-state index contributed by atoms with van der Waals surface area (Å²) in [6.45, 7) is 6.44. The average Bonchev–Trinajstić information content (AvgIpc) is 2.60. The summed E-state index contributed by atoms with van der Waals surface area (Å²) in [5, 5.41) is 20.0. The Balaban J connectivity index is 2.08. The second-order valence-electron chi connectivity index (χ2n) is 7.36. The van der Waals surface area contributed by atoms with E-state index >= 15 is 0 Å². The van der Waals surface area contributed by atoms with Crippen LogP contribution in [0.4, 0.5) is 0 Å². The summed E-state index contributed by atoms with van der Waals surface area (Å²) in [6.07, 6.45) is 2.03. The smallest absolute Gasteiger partial charge is 0.160 e. The van der Waals surface area contributed by atoms with Crippen LogP contribution in [0.1, 0.15) is 40.0 Å². The number of ketones is 1. The number of allylic oxidation sites excluding steroid dienone is 1. The summed E-state index contributed by atoms with van der Waals surface area (Å²) in [5.74, 6) is 0.734. The fraction of sp³-hybridized carbons (Fsp3) is 0.800. The first-order chi connectivity index (χ1) is 8.30. The molecule has 0 aliphatic heterocycles. The summed E-state index contributed by atoms with van der Waals surface area (Å²) in [4.78, 5) is 11.9. The third kappa shape index (κ3) is 1.35. The molecular weight excluding hydrogens is 228 g/mol. The molecule has 0 aromatic heterocycles. The van der Waals surface area contributed by atoms with Crippen LogP contribution in [0, 0.1) is 22.7 Å². The molecule has 0 radical (unpaired) electrons. The number of hydrogen-bond acceptors (Lipinski definition) is 3. The van der Waals surface area contributed by atoms with E-state index in [1.807, 2.05) is 0 Å². The Labute approximate surface area is 108 Å². The van der Waals surface area contributed by atoms with Crippen molar-refractivity contribution in [2.45, 2.75) is 46.1 Å². The van der Waals surface area contributed by atoms with E-state index in [0.29, 0.717) is 17.9 Å². The second-order valence-corrected chi connectivity index (χ2v) is 7.36. The maximum absolute atomic E-state index is 11.9. The molecule has 3 heteroatoms. The lowest BCUT2D eigenvalue weighted by Crippen LogP contribution is -2.53. The van der Waals surface area contributed by atoms with Gasteiger partial charge < -0.3 is 10.2 Å². The Bertz CT molecular complexity index is 449. The Kier molecular flexibility index (Phi) is 2.37. The zero-order chi connectivity index (χ0) is 13.3. The molecule has 0 aromatic carbocycles. The van der Waals surface area contributed by atoms with Gasteiger partial charge in [-0.25, -0.2) is 0 Å². The fourth-order valence-electron chi connectivity index (χ4n) is 4.80. The number of carbonyl (C=O) groups excluding carboxylic acids is 1. The number of fused-ring (bicyclic) bond motifs is 3. The van der Waals surface area contributed by atoms with Gasteiger partial charge in [0.05, 0.1) is 12.7 Å². The first kappa shape index (κ1) is 12.4. The van der Waals surface area contributed by atoms with Crippen LogP contribution in [0.15, 0.2) is 11.1 Å². The largest absolute Gasteiger partial charge is 0.392 e. The third-order valence-electron chi connectivity index (χ3n) is 5.53. The molecule has 0 amide bonds. The molecule has 100 valence electrons. The Morgan fingerprint density at radius 3 is 2.50 bits per heavy atom. The van der Waals surface area contributed by atoms with Crippen molar-refractivity contribution < 1.29 is 15.0 Å². The van der Waals surface area contributed by atoms with Crippen LogP contribution in [0.3, 0.4) is 0 Å². The van der Waals surface area contributed by atoms with E-state index in [1.54, 1.807) is 0 Å². The van der Waals surface area contributed by atoms with Gasteiger partial charge in [-0.1, -0.05) is 20.8 Å². The molecule has 3 aliphatic carbocycles. The standard InChI is InChI=1S/C15H22O3/c1-14(2)4-8-10(5-14)15(3)6-11(17)12(15)9(7-16)13(8)18/h8,10,13,16,18H,4-7H2,1-3H3. The van der Waals surface area contributed by atoms with Gasteiger partial charge in [0.25, 0.3) is 0 Å². The topological polar surface area (TPSA) is 57.5 Å². The number of rotatable bonds is 1. The van der Waals surface area contributed by atoms with Crippen molar-refractivity contribution >= 4 is 5.78 Å². The highest BCUT2D eigenvalue weighted by molar-refractivity contribution is 6.05. The molecule has 2 N–H and O–H groups in total. The number of aliphatic hydroxyl groups is 2. The van der Waals surface area contributed by atoms with Crippen molar-refractivity contribution in [1.82, 2.24) is 0 Å². The molecule has 2 fully saturated rings. The van der Waals surface area contributed by atoms with Gasteiger partial charge in [-0.15, -0.1) is 0 Å². The molecule has 4 atom stereocenters. The van der Waals surface area contributed by atoms with Crippen molar-refractivity contribution in [2.75, 3.05) is 6.61 Å². The monoisotopic (exact) mass is 250 g/mol. The van der Waals surface area contributed by atoms with E-state index in [9.17, 15) is 15.0 Å². The molecule has 3 nitrogen and oxygen atoms in total. The molecule has 4 unspecified atom stereocenters. The minimum absolute atomic E-state index is 0.0905. The van der Waals surface area contributed by atoms with Crippen molar-refractivity contribution in [3.63, 3.8) is 0 Å². The lowest BCUT2D eigenvalue weighted by molar-refractivity contribution is -0.129. The lowest BCUT2D eigenvalue weighted by atomic mass is 9.50. The number of aliphatic hydroxyl groups excluding tert-OH is 2. The van der Waals surface area contributed by atoms with Gasteiger partial charge in [0, 0.05) is 17.4 Å². The maximum Gasteiger partial charge on any atom is 0.160 e. The van der Waals surface area contributed by atoms with Crippen molar-refractivity contribution in [3.05, 3.63) is 11.1 Å². The van der Waals surface area contributed by atoms with Crippen LogP contribution in [0.5, 0.6) is 0 Å². The Morgan fingerprint density at radius 1 is 1.28 bits per heavy atom. The minimum Gasteiger partial charge on any atom is -0.392 e. The van der Waals surface area contributed by atoms with Crippen LogP contribution in [0.2, 0.25) is 0 Å². The van der Waals surface area contributed by atoms with Crippen LogP contribution < -0.4 is 0 Å². The molecular formula is C15H22O3. The van der Waals surface area contributed by atoms with Gasteiger partial charge in [-0.3, -0.25) is 4.79 Å². The summed E-state index contributed by atoms with van der Waals surface area (Å²) in [7, 11) is 0. The first-order valence-electron chi connectivity index (χ1n) is 6.86. The van der Waals surface area contributed by atoms with E-state index in [2.05, 4.69) is 20.8 Å². The first-order valence-corrected chi connectivity index (χ1v) is 6.86. The van der Waals surface area contributed by atoms with Gasteiger partial charge in [0.2, 0.25) is 0 Å². The lowest BCUT2D eigenvalue weighted by Gasteiger charge is -2.53. The molecule has 0 heterocycles. The van der Waals surface area contributed by atoms with E-state index in [4.69, 9.17) is 0 Å². The minimum atomic E-state index is -0.617. The molecule has 2 saturated carbocycles. The highest BCUT2D eigenvalue weighted by atomic mass is 16.3. The quantitative estimate of drug-likeness (QED) is 0.744. The Hall–Kier alpha value is -0.670. The van der Waals surface area contributed by atoms with Gasteiger partial charge in [0.15, 0.2) is 5.78 Å². The predicted octanol–water partition coefficient (Wildman–Crippen LogP) is 1.68. The van der Waals surface area contributed by atoms with Gasteiger partial charge in [-0.05, 0) is 35.7 Å². The Morgan fingerprint density at radius 2 is 1.94 bits per heavy atom. The molecule has 0 spiro atoms. The predicted molar refractivity (Wildman–Crippen MR) is 67.8 cm³/mol. The maximum atomic E-state index is 11.9. The average molecular weight is 250 g/mol. The molecule has 0 saturated heterocycles. The normalized spacial score (nSPS) is 45.6. The van der Waals surface area contributed by atoms with Gasteiger partial charge in [0.1, 0.15) is 0 Å². The fourth-order valence-corrected chi connectivity index (χ4v) is 4.80. The van der Waals surface area contributed by atoms with E-state index in [0.717, 1.165) is 18.4 Å². The summed E-state index contributed by atoms with van der Waals surface area (Å²) in [5.41, 5.74) is 1.49. The molecule has 3 aliphatic rings.